The van der Waals surface area contributed by atoms with Gasteiger partial charge in [0, 0.05) is 42.8 Å². The monoisotopic (exact) mass is 382 g/mol. The van der Waals surface area contributed by atoms with Gasteiger partial charge in [-0.1, -0.05) is 32.6 Å². The first kappa shape index (κ1) is 21.8. The van der Waals surface area contributed by atoms with E-state index in [9.17, 15) is 14.4 Å². The molecule has 1 atom stereocenters. The van der Waals surface area contributed by atoms with Gasteiger partial charge in [-0.25, -0.2) is 0 Å². The Labute approximate surface area is 167 Å². The first-order chi connectivity index (χ1) is 13.4. The van der Waals surface area contributed by atoms with Crippen LogP contribution in [0.1, 0.15) is 71.3 Å². The first-order valence-electron chi connectivity index (χ1n) is 10.1. The third-order valence-corrected chi connectivity index (χ3v) is 5.45. The van der Waals surface area contributed by atoms with E-state index in [-0.39, 0.29) is 5.78 Å². The van der Waals surface area contributed by atoms with Gasteiger partial charge >= 0.3 is 0 Å². The molecule has 1 amide bonds. The average Bonchev–Trinajstić information content (AvgIpc) is 2.73. The SMILES string of the molecule is CCC(C)(C)C(=O)C(=O)N1CCCC[C@H]1C(=O)CCCC#Cc1cccnc1. The number of aromatic nitrogens is 1. The molecule has 1 aromatic rings. The van der Waals surface area contributed by atoms with E-state index in [1.165, 1.54) is 4.90 Å². The summed E-state index contributed by atoms with van der Waals surface area (Å²) in [6.07, 6.45) is 8.04. The van der Waals surface area contributed by atoms with E-state index in [2.05, 4.69) is 16.8 Å². The molecule has 0 unspecified atom stereocenters. The maximum atomic E-state index is 12.7. The van der Waals surface area contributed by atoms with Crippen LogP contribution in [0, 0.1) is 17.3 Å². The van der Waals surface area contributed by atoms with Crippen LogP contribution in [0.15, 0.2) is 24.5 Å². The van der Waals surface area contributed by atoms with Gasteiger partial charge in [0.05, 0.1) is 6.04 Å². The van der Waals surface area contributed by atoms with Gasteiger partial charge in [-0.05, 0) is 44.2 Å². The van der Waals surface area contributed by atoms with Gasteiger partial charge in [0.2, 0.25) is 5.78 Å². The molecule has 1 aliphatic heterocycles. The molecule has 0 aliphatic carbocycles. The highest BCUT2D eigenvalue weighted by Gasteiger charge is 2.39. The Hall–Kier alpha value is -2.48. The van der Waals surface area contributed by atoms with Crippen molar-refractivity contribution in [2.75, 3.05) is 6.54 Å². The molecule has 1 saturated heterocycles. The van der Waals surface area contributed by atoms with Crippen molar-refractivity contribution >= 4 is 17.5 Å². The van der Waals surface area contributed by atoms with Crippen LogP contribution in [0.2, 0.25) is 0 Å². The van der Waals surface area contributed by atoms with Crippen molar-refractivity contribution in [1.82, 2.24) is 9.88 Å². The molecule has 0 radical (unpaired) electrons. The third-order valence-electron chi connectivity index (χ3n) is 5.45. The summed E-state index contributed by atoms with van der Waals surface area (Å²) in [5.74, 6) is 5.24. The zero-order valence-electron chi connectivity index (χ0n) is 17.2. The van der Waals surface area contributed by atoms with Crippen LogP contribution in [0.3, 0.4) is 0 Å². The van der Waals surface area contributed by atoms with Gasteiger partial charge in [0.25, 0.3) is 5.91 Å². The lowest BCUT2D eigenvalue weighted by atomic mass is 9.83. The van der Waals surface area contributed by atoms with Crippen LogP contribution in [0.4, 0.5) is 0 Å². The third kappa shape index (κ3) is 5.76. The number of nitrogens with zero attached hydrogens (tertiary/aromatic N) is 2. The van der Waals surface area contributed by atoms with Crippen LogP contribution >= 0.6 is 0 Å². The Morgan fingerprint density at radius 1 is 1.29 bits per heavy atom. The molecular weight excluding hydrogens is 352 g/mol. The number of piperidine rings is 1. The highest BCUT2D eigenvalue weighted by Crippen LogP contribution is 2.26. The Balaban J connectivity index is 1.92. The number of hydrogen-bond acceptors (Lipinski definition) is 4. The van der Waals surface area contributed by atoms with Crippen molar-refractivity contribution in [1.29, 1.82) is 0 Å². The number of pyridine rings is 1. The van der Waals surface area contributed by atoms with E-state index in [4.69, 9.17) is 0 Å². The lowest BCUT2D eigenvalue weighted by Gasteiger charge is -2.36. The van der Waals surface area contributed by atoms with Crippen molar-refractivity contribution in [3.63, 3.8) is 0 Å². The fourth-order valence-corrected chi connectivity index (χ4v) is 3.21. The number of amides is 1. The van der Waals surface area contributed by atoms with Crippen LogP contribution in [-0.4, -0.2) is 39.9 Å². The van der Waals surface area contributed by atoms with Gasteiger partial charge in [-0.2, -0.15) is 0 Å². The summed E-state index contributed by atoms with van der Waals surface area (Å²) < 4.78 is 0. The van der Waals surface area contributed by atoms with Gasteiger partial charge in [0.15, 0.2) is 5.78 Å². The molecule has 150 valence electrons. The summed E-state index contributed by atoms with van der Waals surface area (Å²) in [6.45, 7) is 5.96. The van der Waals surface area contributed by atoms with E-state index in [0.717, 1.165) is 18.4 Å². The highest BCUT2D eigenvalue weighted by atomic mass is 16.2. The molecule has 0 aromatic carbocycles. The molecule has 1 aromatic heterocycles. The number of Topliss-reactive ketones (excluding diaryl/α,β-unsaturated/α-hetero) is 2. The molecule has 1 fully saturated rings. The van der Waals surface area contributed by atoms with Crippen molar-refractivity contribution in [2.45, 2.75) is 71.8 Å². The van der Waals surface area contributed by atoms with E-state index in [0.29, 0.717) is 38.6 Å². The molecule has 0 saturated carbocycles. The lowest BCUT2D eigenvalue weighted by Crippen LogP contribution is -2.52. The molecule has 2 rings (SSSR count). The number of hydrogen-bond donors (Lipinski definition) is 0. The first-order valence-corrected chi connectivity index (χ1v) is 10.1. The Morgan fingerprint density at radius 3 is 2.75 bits per heavy atom. The number of rotatable bonds is 7. The molecule has 28 heavy (non-hydrogen) atoms. The second-order valence-corrected chi connectivity index (χ2v) is 7.94. The van der Waals surface area contributed by atoms with Crippen LogP contribution in [0.25, 0.3) is 0 Å². The summed E-state index contributed by atoms with van der Waals surface area (Å²) in [5.41, 5.74) is 0.166. The van der Waals surface area contributed by atoms with Crippen LogP contribution in [-0.2, 0) is 14.4 Å². The fraction of sp³-hybridized carbons (Fsp3) is 0.565. The molecule has 0 spiro atoms. The Bertz CT molecular complexity index is 759. The Kier molecular flexibility index (Phi) is 7.92. The van der Waals surface area contributed by atoms with Gasteiger partial charge in [-0.15, -0.1) is 0 Å². The second-order valence-electron chi connectivity index (χ2n) is 7.94. The minimum Gasteiger partial charge on any atom is -0.326 e. The van der Waals surface area contributed by atoms with Crippen LogP contribution in [0.5, 0.6) is 0 Å². The minimum atomic E-state index is -0.690. The predicted octanol–water partition coefficient (Wildman–Crippen LogP) is 3.56. The number of unbranched alkanes of at least 4 members (excludes halogenated alkanes) is 1. The van der Waals surface area contributed by atoms with E-state index < -0.39 is 23.1 Å². The number of ketones is 2. The number of carbonyl (C=O) groups excluding carboxylic acids is 3. The number of likely N-dealkylation sites (tertiary alicyclic amines) is 1. The summed E-state index contributed by atoms with van der Waals surface area (Å²) in [4.78, 5) is 43.6. The largest absolute Gasteiger partial charge is 0.326 e. The molecule has 5 heteroatoms. The predicted molar refractivity (Wildman–Crippen MR) is 108 cm³/mol. The quantitative estimate of drug-likeness (QED) is 0.411. The topological polar surface area (TPSA) is 67.3 Å². The van der Waals surface area contributed by atoms with E-state index >= 15 is 0 Å². The maximum absolute atomic E-state index is 12.7. The molecule has 0 bridgehead atoms. The van der Waals surface area contributed by atoms with Crippen molar-refractivity contribution in [2.24, 2.45) is 5.41 Å². The average molecular weight is 383 g/mol. The van der Waals surface area contributed by atoms with Crippen molar-refractivity contribution in [3.8, 4) is 11.8 Å². The fourth-order valence-electron chi connectivity index (χ4n) is 3.21. The summed E-state index contributed by atoms with van der Waals surface area (Å²) in [7, 11) is 0. The zero-order chi connectivity index (χ0) is 20.6. The van der Waals surface area contributed by atoms with Gasteiger partial charge < -0.3 is 4.90 Å². The maximum Gasteiger partial charge on any atom is 0.291 e. The smallest absolute Gasteiger partial charge is 0.291 e. The molecular formula is C23H30N2O3. The second kappa shape index (κ2) is 10.2. The Morgan fingerprint density at radius 2 is 2.07 bits per heavy atom. The molecule has 0 N–H and O–H groups in total. The van der Waals surface area contributed by atoms with Gasteiger partial charge in [-0.3, -0.25) is 19.4 Å². The standard InChI is InChI=1S/C23H30N2O3/c1-4-23(2,3)21(27)22(28)25-16-9-8-13-19(25)20(26)14-7-5-6-11-18-12-10-15-24-17-18/h10,12,15,17,19H,4-5,7-9,13-14,16H2,1-3H3/t19-/m0/s1. The minimum absolute atomic E-state index is 0.0401. The van der Waals surface area contributed by atoms with Gasteiger partial charge in [0.1, 0.15) is 0 Å². The molecule has 2 heterocycles. The highest BCUT2D eigenvalue weighted by molar-refractivity contribution is 6.38. The lowest BCUT2D eigenvalue weighted by molar-refractivity contribution is -0.153. The summed E-state index contributed by atoms with van der Waals surface area (Å²) >= 11 is 0. The molecule has 5 nitrogen and oxygen atoms in total. The van der Waals surface area contributed by atoms with Crippen molar-refractivity contribution < 1.29 is 14.4 Å². The van der Waals surface area contributed by atoms with Crippen molar-refractivity contribution in [3.05, 3.63) is 30.1 Å². The summed E-state index contributed by atoms with van der Waals surface area (Å²) in [6, 6.07) is 3.26. The van der Waals surface area contributed by atoms with E-state index in [1.54, 1.807) is 26.2 Å². The number of carbonyl (C=O) groups is 3. The van der Waals surface area contributed by atoms with E-state index in [1.807, 2.05) is 19.1 Å². The molecule has 1 aliphatic rings. The summed E-state index contributed by atoms with van der Waals surface area (Å²) in [5, 5.41) is 0. The normalized spacial score (nSPS) is 16.8. The van der Waals surface area contributed by atoms with Crippen LogP contribution < -0.4 is 0 Å². The zero-order valence-corrected chi connectivity index (χ0v) is 17.2.